The molecule has 2 N–H and O–H groups in total. The molecule has 9 unspecified atom stereocenters. The molecule has 1 aromatic heterocycles. The zero-order valence-corrected chi connectivity index (χ0v) is 20.3. The van der Waals surface area contributed by atoms with E-state index < -0.39 is 6.04 Å². The normalized spacial score (nSPS) is 38.8. The van der Waals surface area contributed by atoms with Crippen LogP contribution in [-0.2, 0) is 9.53 Å². The fraction of sp³-hybridized carbons (Fsp3) is 0.786. The van der Waals surface area contributed by atoms with Gasteiger partial charge in [0.05, 0.1) is 6.26 Å². The van der Waals surface area contributed by atoms with Gasteiger partial charge in [-0.15, -0.1) is 0 Å². The minimum Gasteiger partial charge on any atom is -0.461 e. The SMILES string of the molecule is CC(C)CC(N)C(=O)OC1CCC2C(CCC3C2CCC2C(c4ccc(=O)oc4)CCC23)C1. The van der Waals surface area contributed by atoms with E-state index in [2.05, 4.69) is 13.8 Å². The Kier molecular flexibility index (Phi) is 6.70. The van der Waals surface area contributed by atoms with Gasteiger partial charge in [-0.3, -0.25) is 4.79 Å². The van der Waals surface area contributed by atoms with Gasteiger partial charge in [0.15, 0.2) is 0 Å². The van der Waals surface area contributed by atoms with Crippen molar-refractivity contribution in [1.82, 2.24) is 0 Å². The van der Waals surface area contributed by atoms with E-state index in [4.69, 9.17) is 14.9 Å². The van der Waals surface area contributed by atoms with Crippen LogP contribution in [0.5, 0.6) is 0 Å². The van der Waals surface area contributed by atoms with Gasteiger partial charge in [0.25, 0.3) is 0 Å². The second kappa shape index (κ2) is 9.56. The number of carbonyl (C=O) groups is 1. The summed E-state index contributed by atoms with van der Waals surface area (Å²) < 4.78 is 11.1. The molecule has 0 aromatic carbocycles. The van der Waals surface area contributed by atoms with Crippen molar-refractivity contribution in [2.45, 2.75) is 96.1 Å². The predicted octanol–water partition coefficient (Wildman–Crippen LogP) is 5.27. The van der Waals surface area contributed by atoms with Crippen LogP contribution in [0.2, 0.25) is 0 Å². The van der Waals surface area contributed by atoms with Gasteiger partial charge in [-0.05, 0) is 123 Å². The number of rotatable bonds is 5. The highest BCUT2D eigenvalue weighted by atomic mass is 16.5. The van der Waals surface area contributed by atoms with E-state index >= 15 is 0 Å². The lowest BCUT2D eigenvalue weighted by Crippen LogP contribution is -2.46. The van der Waals surface area contributed by atoms with Crippen LogP contribution in [0, 0.1) is 41.4 Å². The average molecular weight is 456 g/mol. The first-order valence-corrected chi connectivity index (χ1v) is 13.5. The Bertz CT molecular complexity index is 874. The Morgan fingerprint density at radius 1 is 0.970 bits per heavy atom. The molecule has 1 heterocycles. The largest absolute Gasteiger partial charge is 0.461 e. The third-order valence-corrected chi connectivity index (χ3v) is 9.69. The van der Waals surface area contributed by atoms with E-state index in [0.29, 0.717) is 24.2 Å². The third-order valence-electron chi connectivity index (χ3n) is 9.69. The molecule has 5 rings (SSSR count). The quantitative estimate of drug-likeness (QED) is 0.612. The molecule has 0 saturated heterocycles. The van der Waals surface area contributed by atoms with Crippen molar-refractivity contribution in [3.63, 3.8) is 0 Å². The van der Waals surface area contributed by atoms with Crippen molar-refractivity contribution in [3.8, 4) is 0 Å². The molecule has 5 heteroatoms. The molecule has 4 aliphatic rings. The molecule has 33 heavy (non-hydrogen) atoms. The Balaban J connectivity index is 1.19. The molecule has 4 fully saturated rings. The Morgan fingerprint density at radius 2 is 1.64 bits per heavy atom. The standard InChI is InChI=1S/C28H41NO4/c1-16(2)13-26(29)28(31)33-19-5-7-20-17(14-19)3-6-24-22(20)10-11-23-21(8-9-25(23)24)18-4-12-27(30)32-15-18/h4,12,15-17,19-26H,3,5-11,13-14,29H2,1-2H3. The number of hydrogen-bond acceptors (Lipinski definition) is 5. The molecule has 1 aromatic rings. The maximum Gasteiger partial charge on any atom is 0.335 e. The summed E-state index contributed by atoms with van der Waals surface area (Å²) in [7, 11) is 0. The van der Waals surface area contributed by atoms with Gasteiger partial charge < -0.3 is 14.9 Å². The van der Waals surface area contributed by atoms with E-state index in [0.717, 1.165) is 42.4 Å². The van der Waals surface area contributed by atoms with Crippen LogP contribution in [0.1, 0.15) is 89.5 Å². The second-order valence-corrected chi connectivity index (χ2v) is 11.9. The minimum atomic E-state index is -0.485. The first kappa shape index (κ1) is 23.1. The summed E-state index contributed by atoms with van der Waals surface area (Å²) in [5.74, 6) is 5.54. The van der Waals surface area contributed by atoms with Crippen LogP contribution in [0.15, 0.2) is 27.6 Å². The van der Waals surface area contributed by atoms with Crippen molar-refractivity contribution < 1.29 is 13.9 Å². The maximum atomic E-state index is 12.5. The van der Waals surface area contributed by atoms with Crippen molar-refractivity contribution in [3.05, 3.63) is 34.4 Å². The summed E-state index contributed by atoms with van der Waals surface area (Å²) in [6.07, 6.45) is 13.5. The Hall–Kier alpha value is -1.62. The van der Waals surface area contributed by atoms with Gasteiger partial charge in [0, 0.05) is 6.07 Å². The molecule has 0 aliphatic heterocycles. The van der Waals surface area contributed by atoms with Crippen LogP contribution < -0.4 is 11.4 Å². The molecular weight excluding hydrogens is 414 g/mol. The fourth-order valence-electron chi connectivity index (χ4n) is 8.42. The lowest BCUT2D eigenvalue weighted by atomic mass is 9.53. The molecule has 182 valence electrons. The molecule has 4 aliphatic carbocycles. The zero-order chi connectivity index (χ0) is 23.1. The molecule has 5 nitrogen and oxygen atoms in total. The zero-order valence-electron chi connectivity index (χ0n) is 20.3. The van der Waals surface area contributed by atoms with E-state index in [1.54, 1.807) is 12.3 Å². The van der Waals surface area contributed by atoms with Gasteiger partial charge in [0.2, 0.25) is 0 Å². The van der Waals surface area contributed by atoms with Gasteiger partial charge >= 0.3 is 11.6 Å². The van der Waals surface area contributed by atoms with Crippen molar-refractivity contribution in [2.75, 3.05) is 0 Å². The Morgan fingerprint density at radius 3 is 2.39 bits per heavy atom. The lowest BCUT2D eigenvalue weighted by molar-refractivity contribution is -0.156. The van der Waals surface area contributed by atoms with E-state index in [9.17, 15) is 9.59 Å². The van der Waals surface area contributed by atoms with Crippen LogP contribution in [-0.4, -0.2) is 18.1 Å². The smallest absolute Gasteiger partial charge is 0.335 e. The molecular formula is C28H41NO4. The molecule has 4 saturated carbocycles. The van der Waals surface area contributed by atoms with E-state index in [-0.39, 0.29) is 17.7 Å². The highest BCUT2D eigenvalue weighted by Gasteiger charge is 2.52. The van der Waals surface area contributed by atoms with Crippen LogP contribution in [0.3, 0.4) is 0 Å². The highest BCUT2D eigenvalue weighted by molar-refractivity contribution is 5.75. The second-order valence-electron chi connectivity index (χ2n) is 11.9. The summed E-state index contributed by atoms with van der Waals surface area (Å²) >= 11 is 0. The number of ether oxygens (including phenoxy) is 1. The first-order valence-electron chi connectivity index (χ1n) is 13.5. The average Bonchev–Trinajstić information content (AvgIpc) is 3.23. The predicted molar refractivity (Wildman–Crippen MR) is 128 cm³/mol. The maximum absolute atomic E-state index is 12.5. The fourth-order valence-corrected chi connectivity index (χ4v) is 8.42. The topological polar surface area (TPSA) is 82.5 Å². The van der Waals surface area contributed by atoms with Gasteiger partial charge in [-0.2, -0.15) is 0 Å². The Labute approximate surface area is 197 Å². The summed E-state index contributed by atoms with van der Waals surface area (Å²) in [5, 5.41) is 0. The van der Waals surface area contributed by atoms with Gasteiger partial charge in [-0.25, -0.2) is 4.79 Å². The van der Waals surface area contributed by atoms with Crippen LogP contribution in [0.25, 0.3) is 0 Å². The van der Waals surface area contributed by atoms with Gasteiger partial charge in [0.1, 0.15) is 12.1 Å². The number of esters is 1. The lowest BCUT2D eigenvalue weighted by Gasteiger charge is -2.53. The number of nitrogens with two attached hydrogens (primary N) is 1. The van der Waals surface area contributed by atoms with Gasteiger partial charge in [-0.1, -0.05) is 13.8 Å². The molecule has 0 amide bonds. The summed E-state index contributed by atoms with van der Waals surface area (Å²) in [5.41, 5.74) is 7.05. The third kappa shape index (κ3) is 4.67. The van der Waals surface area contributed by atoms with Crippen molar-refractivity contribution in [2.24, 2.45) is 47.2 Å². The summed E-state index contributed by atoms with van der Waals surface area (Å²) in [4.78, 5) is 23.9. The van der Waals surface area contributed by atoms with Crippen LogP contribution in [0.4, 0.5) is 0 Å². The number of hydrogen-bond donors (Lipinski definition) is 1. The number of carbonyl (C=O) groups excluding carboxylic acids is 1. The van der Waals surface area contributed by atoms with Crippen molar-refractivity contribution in [1.29, 1.82) is 0 Å². The minimum absolute atomic E-state index is 0.0634. The number of fused-ring (bicyclic) bond motifs is 5. The van der Waals surface area contributed by atoms with E-state index in [1.807, 2.05) is 6.07 Å². The molecule has 0 radical (unpaired) electrons. The van der Waals surface area contributed by atoms with Crippen molar-refractivity contribution >= 4 is 5.97 Å². The summed E-state index contributed by atoms with van der Waals surface area (Å²) in [6, 6.07) is 3.10. The monoisotopic (exact) mass is 455 g/mol. The molecule has 0 bridgehead atoms. The van der Waals surface area contributed by atoms with Crippen LogP contribution >= 0.6 is 0 Å². The molecule has 9 atom stereocenters. The first-order chi connectivity index (χ1) is 15.9. The summed E-state index contributed by atoms with van der Waals surface area (Å²) in [6.45, 7) is 4.19. The van der Waals surface area contributed by atoms with E-state index in [1.165, 1.54) is 50.5 Å². The highest BCUT2D eigenvalue weighted by Crippen LogP contribution is 2.60. The molecule has 0 spiro atoms.